The molecular weight excluding hydrogens is 382 g/mol. The van der Waals surface area contributed by atoms with Crippen LogP contribution in [0.3, 0.4) is 0 Å². The number of hydrogen-bond donors (Lipinski definition) is 1. The quantitative estimate of drug-likeness (QED) is 0.396. The van der Waals surface area contributed by atoms with Crippen molar-refractivity contribution in [3.8, 4) is 0 Å². The molecule has 3 aliphatic rings. The number of hydrogen-bond acceptors (Lipinski definition) is 5. The van der Waals surface area contributed by atoms with Crippen molar-refractivity contribution in [2.45, 2.75) is 50.6 Å². The van der Waals surface area contributed by atoms with Crippen LogP contribution in [0.25, 0.3) is 0 Å². The molecule has 158 valence electrons. The molecule has 2 heterocycles. The van der Waals surface area contributed by atoms with Crippen molar-refractivity contribution in [3.63, 3.8) is 0 Å². The molecule has 3 atom stereocenters. The van der Waals surface area contributed by atoms with Crippen LogP contribution in [-0.4, -0.2) is 72.1 Å². The predicted molar refractivity (Wildman–Crippen MR) is 91.6 cm³/mol. The summed E-state index contributed by atoms with van der Waals surface area (Å²) < 4.78 is 60.6. The average Bonchev–Trinajstić information content (AvgIpc) is 2.96. The topological polar surface area (TPSA) is 61.9 Å². The molecule has 3 fully saturated rings. The smallest absolute Gasteiger partial charge is 0.311 e. The standard InChI is InChI=1S/C18H25F4N3O3/c1-4-7-28-15(27)16(2,3)5-6-24-13-12(23-10-18(13,21)22)9-25(24)14(26)11-8-17(11,19)20/h4,11-13,23H,1,5-10H2,2-3H3/t11-,12+,13-/m0/s1. The van der Waals surface area contributed by atoms with E-state index in [1.54, 1.807) is 13.8 Å². The van der Waals surface area contributed by atoms with Crippen LogP contribution in [-0.2, 0) is 14.3 Å². The van der Waals surface area contributed by atoms with E-state index in [1.807, 2.05) is 0 Å². The number of fused-ring (bicyclic) bond motifs is 1. The average molecular weight is 407 g/mol. The number of hydrazine groups is 1. The van der Waals surface area contributed by atoms with Crippen LogP contribution in [0.5, 0.6) is 0 Å². The van der Waals surface area contributed by atoms with E-state index in [-0.39, 0.29) is 26.1 Å². The number of rotatable bonds is 7. The second-order valence-electron chi connectivity index (χ2n) is 8.32. The first kappa shape index (κ1) is 21.0. The number of nitrogens with zero attached hydrogens (tertiary/aromatic N) is 2. The highest BCUT2D eigenvalue weighted by molar-refractivity contribution is 5.83. The van der Waals surface area contributed by atoms with Gasteiger partial charge in [-0.05, 0) is 20.3 Å². The Morgan fingerprint density at radius 2 is 1.93 bits per heavy atom. The zero-order valence-corrected chi connectivity index (χ0v) is 15.9. The van der Waals surface area contributed by atoms with Gasteiger partial charge in [0.2, 0.25) is 5.91 Å². The number of halogens is 4. The molecular formula is C18H25F4N3O3. The van der Waals surface area contributed by atoms with E-state index in [1.165, 1.54) is 11.1 Å². The molecule has 0 aromatic carbocycles. The molecule has 0 bridgehead atoms. The van der Waals surface area contributed by atoms with Gasteiger partial charge >= 0.3 is 5.97 Å². The van der Waals surface area contributed by atoms with Crippen LogP contribution in [0.15, 0.2) is 12.7 Å². The van der Waals surface area contributed by atoms with Crippen molar-refractivity contribution in [2.75, 3.05) is 26.2 Å². The zero-order valence-electron chi connectivity index (χ0n) is 15.9. The molecule has 0 unspecified atom stereocenters. The van der Waals surface area contributed by atoms with E-state index in [0.717, 1.165) is 5.01 Å². The molecule has 0 aromatic heterocycles. The van der Waals surface area contributed by atoms with Gasteiger partial charge in [-0.1, -0.05) is 12.7 Å². The molecule has 6 nitrogen and oxygen atoms in total. The van der Waals surface area contributed by atoms with E-state index in [0.29, 0.717) is 0 Å². The van der Waals surface area contributed by atoms with E-state index in [9.17, 15) is 27.2 Å². The van der Waals surface area contributed by atoms with E-state index >= 15 is 0 Å². The third-order valence-corrected chi connectivity index (χ3v) is 5.64. The van der Waals surface area contributed by atoms with Crippen molar-refractivity contribution in [3.05, 3.63) is 12.7 Å². The summed E-state index contributed by atoms with van der Waals surface area (Å²) in [7, 11) is 0. The SMILES string of the molecule is C=CCOC(=O)C(C)(C)CCN1[C@H]2[C@@H](CN1C(=O)[C@@H]1CC1(F)F)NCC2(F)F. The molecule has 0 radical (unpaired) electrons. The largest absolute Gasteiger partial charge is 0.461 e. The molecule has 28 heavy (non-hydrogen) atoms. The number of nitrogens with one attached hydrogen (secondary N) is 1. The summed E-state index contributed by atoms with van der Waals surface area (Å²) in [6.07, 6.45) is 0.974. The third kappa shape index (κ3) is 3.76. The van der Waals surface area contributed by atoms with Crippen LogP contribution in [0, 0.1) is 11.3 Å². The molecule has 0 aromatic rings. The summed E-state index contributed by atoms with van der Waals surface area (Å²) in [5.74, 6) is -9.02. The van der Waals surface area contributed by atoms with Crippen LogP contribution in [0.1, 0.15) is 26.7 Å². The number of amides is 1. The number of alkyl halides is 4. The molecule has 2 aliphatic heterocycles. The van der Waals surface area contributed by atoms with E-state index < -0.39 is 60.1 Å². The maximum Gasteiger partial charge on any atom is 0.311 e. The van der Waals surface area contributed by atoms with Crippen LogP contribution in [0.4, 0.5) is 17.6 Å². The number of carbonyl (C=O) groups is 2. The molecule has 3 rings (SSSR count). The Bertz CT molecular complexity index is 670. The summed E-state index contributed by atoms with van der Waals surface area (Å²) in [4.78, 5) is 24.7. The van der Waals surface area contributed by atoms with Gasteiger partial charge in [0.1, 0.15) is 18.6 Å². The molecule has 10 heteroatoms. The number of carbonyl (C=O) groups excluding carboxylic acids is 2. The van der Waals surface area contributed by atoms with Gasteiger partial charge in [-0.25, -0.2) is 22.6 Å². The first-order chi connectivity index (χ1) is 12.9. The Hall–Kier alpha value is -1.68. The van der Waals surface area contributed by atoms with Gasteiger partial charge in [0.15, 0.2) is 0 Å². The van der Waals surface area contributed by atoms with Gasteiger partial charge < -0.3 is 10.1 Å². The minimum absolute atomic E-state index is 0.0278. The van der Waals surface area contributed by atoms with E-state index in [4.69, 9.17) is 4.74 Å². The van der Waals surface area contributed by atoms with Crippen LogP contribution in [0.2, 0.25) is 0 Å². The van der Waals surface area contributed by atoms with E-state index in [2.05, 4.69) is 11.9 Å². The predicted octanol–water partition coefficient (Wildman–Crippen LogP) is 1.82. The Kier molecular flexibility index (Phi) is 5.24. The molecule has 1 amide bonds. The first-order valence-corrected chi connectivity index (χ1v) is 9.26. The zero-order chi connectivity index (χ0) is 20.9. The van der Waals surface area contributed by atoms with Crippen molar-refractivity contribution in [1.82, 2.24) is 15.3 Å². The summed E-state index contributed by atoms with van der Waals surface area (Å²) in [6, 6.07) is -2.02. The molecule has 1 saturated carbocycles. The number of esters is 1. The number of ether oxygens (including phenoxy) is 1. The normalized spacial score (nSPS) is 30.8. The van der Waals surface area contributed by atoms with Gasteiger partial charge in [-0.3, -0.25) is 14.6 Å². The van der Waals surface area contributed by atoms with Crippen molar-refractivity contribution in [2.24, 2.45) is 11.3 Å². The van der Waals surface area contributed by atoms with Gasteiger partial charge in [0.25, 0.3) is 11.8 Å². The molecule has 2 saturated heterocycles. The lowest BCUT2D eigenvalue weighted by molar-refractivity contribution is -0.161. The lowest BCUT2D eigenvalue weighted by atomic mass is 9.89. The molecule has 1 N–H and O–H groups in total. The van der Waals surface area contributed by atoms with Crippen molar-refractivity contribution < 1.29 is 31.9 Å². The fourth-order valence-electron chi connectivity index (χ4n) is 3.77. The third-order valence-electron chi connectivity index (χ3n) is 5.64. The fraction of sp³-hybridized carbons (Fsp3) is 0.778. The highest BCUT2D eigenvalue weighted by Crippen LogP contribution is 2.50. The summed E-state index contributed by atoms with van der Waals surface area (Å²) in [6.45, 7) is 6.02. The second kappa shape index (κ2) is 6.98. The summed E-state index contributed by atoms with van der Waals surface area (Å²) >= 11 is 0. The second-order valence-corrected chi connectivity index (χ2v) is 8.32. The summed E-state index contributed by atoms with van der Waals surface area (Å²) in [5.41, 5.74) is -0.999. The Labute approximate surface area is 160 Å². The molecule has 1 aliphatic carbocycles. The Morgan fingerprint density at radius 3 is 2.50 bits per heavy atom. The maximum atomic E-state index is 14.4. The van der Waals surface area contributed by atoms with Gasteiger partial charge in [0.05, 0.1) is 18.5 Å². The lowest BCUT2D eigenvalue weighted by Crippen LogP contribution is -2.53. The highest BCUT2D eigenvalue weighted by Gasteiger charge is 2.66. The van der Waals surface area contributed by atoms with Gasteiger partial charge in [-0.2, -0.15) is 0 Å². The van der Waals surface area contributed by atoms with Crippen LogP contribution < -0.4 is 5.32 Å². The minimum atomic E-state index is -3.11. The van der Waals surface area contributed by atoms with Crippen molar-refractivity contribution >= 4 is 11.9 Å². The highest BCUT2D eigenvalue weighted by atomic mass is 19.3. The molecule has 0 spiro atoms. The van der Waals surface area contributed by atoms with Crippen LogP contribution >= 0.6 is 0 Å². The Balaban J connectivity index is 1.74. The monoisotopic (exact) mass is 407 g/mol. The lowest BCUT2D eigenvalue weighted by Gasteiger charge is -2.36. The first-order valence-electron chi connectivity index (χ1n) is 9.26. The summed E-state index contributed by atoms with van der Waals surface area (Å²) in [5, 5.41) is 4.87. The maximum absolute atomic E-state index is 14.4. The fourth-order valence-corrected chi connectivity index (χ4v) is 3.77. The van der Waals surface area contributed by atoms with Crippen molar-refractivity contribution in [1.29, 1.82) is 0 Å². The minimum Gasteiger partial charge on any atom is -0.461 e. The van der Waals surface area contributed by atoms with Gasteiger partial charge in [0, 0.05) is 19.0 Å². The van der Waals surface area contributed by atoms with Gasteiger partial charge in [-0.15, -0.1) is 0 Å². The Morgan fingerprint density at radius 1 is 1.29 bits per heavy atom.